The minimum Gasteiger partial charge on any atom is -0.311 e. The maximum atomic E-state index is 4.03. The molecular weight excluding hydrogens is 222 g/mol. The molecule has 86 valence electrons. The van der Waals surface area contributed by atoms with Crippen molar-refractivity contribution >= 4 is 11.3 Å². The lowest BCUT2D eigenvalue weighted by atomic mass is 10.2. The first-order chi connectivity index (χ1) is 7.81. The number of nitrogens with zero attached hydrogens (tertiary/aromatic N) is 4. The minimum absolute atomic E-state index is 0.178. The lowest BCUT2D eigenvalue weighted by Gasteiger charge is -2.09. The number of aryl methyl sites for hydroxylation is 2. The highest BCUT2D eigenvalue weighted by atomic mass is 32.1. The van der Waals surface area contributed by atoms with Gasteiger partial charge in [0.25, 0.3) is 0 Å². The Morgan fingerprint density at radius 1 is 1.56 bits per heavy atom. The van der Waals surface area contributed by atoms with Gasteiger partial charge in [-0.1, -0.05) is 0 Å². The average molecular weight is 237 g/mol. The van der Waals surface area contributed by atoms with E-state index in [0.29, 0.717) is 0 Å². The first-order valence-electron chi connectivity index (χ1n) is 5.25. The number of tetrazole rings is 1. The Morgan fingerprint density at radius 3 is 3.12 bits per heavy atom. The fraction of sp³-hybridized carbons (Fsp3) is 0.500. The van der Waals surface area contributed by atoms with Crippen LogP contribution in [0.1, 0.15) is 24.4 Å². The molecule has 1 N–H and O–H groups in total. The molecule has 16 heavy (non-hydrogen) atoms. The monoisotopic (exact) mass is 237 g/mol. The standard InChI is InChI=1S/C10H15N5S/c1-8(11-2)10-12-13-14-15(10)5-3-9-4-6-16-7-9/h4,6-8,11H,3,5H2,1-2H3. The molecule has 6 heteroatoms. The third-order valence-corrected chi connectivity index (χ3v) is 3.30. The summed E-state index contributed by atoms with van der Waals surface area (Å²) in [6, 6.07) is 2.31. The molecule has 0 aliphatic rings. The van der Waals surface area contributed by atoms with E-state index in [2.05, 4.69) is 37.7 Å². The van der Waals surface area contributed by atoms with Crippen LogP contribution in [0, 0.1) is 0 Å². The Hall–Kier alpha value is -1.27. The third-order valence-electron chi connectivity index (χ3n) is 2.57. The Kier molecular flexibility index (Phi) is 3.63. The Labute approximate surface area is 98.5 Å². The fourth-order valence-electron chi connectivity index (χ4n) is 1.48. The van der Waals surface area contributed by atoms with Gasteiger partial charge in [-0.05, 0) is 53.2 Å². The maximum absolute atomic E-state index is 4.03. The molecule has 0 aromatic carbocycles. The lowest BCUT2D eigenvalue weighted by Crippen LogP contribution is -2.19. The number of hydrogen-bond donors (Lipinski definition) is 1. The van der Waals surface area contributed by atoms with E-state index in [1.807, 2.05) is 18.7 Å². The van der Waals surface area contributed by atoms with Crippen LogP contribution in [0.4, 0.5) is 0 Å². The summed E-state index contributed by atoms with van der Waals surface area (Å²) >= 11 is 1.72. The van der Waals surface area contributed by atoms with Gasteiger partial charge in [0.2, 0.25) is 0 Å². The summed E-state index contributed by atoms with van der Waals surface area (Å²) in [4.78, 5) is 0. The van der Waals surface area contributed by atoms with Gasteiger partial charge in [0.15, 0.2) is 5.82 Å². The summed E-state index contributed by atoms with van der Waals surface area (Å²) < 4.78 is 1.86. The molecule has 0 spiro atoms. The van der Waals surface area contributed by atoms with E-state index in [0.717, 1.165) is 18.8 Å². The van der Waals surface area contributed by atoms with E-state index < -0.39 is 0 Å². The number of rotatable bonds is 5. The molecule has 0 bridgehead atoms. The van der Waals surface area contributed by atoms with Crippen LogP contribution in [0.15, 0.2) is 16.8 Å². The molecule has 0 aliphatic heterocycles. The lowest BCUT2D eigenvalue weighted by molar-refractivity contribution is 0.512. The Bertz CT molecular complexity index is 422. The predicted octanol–water partition coefficient (Wildman–Crippen LogP) is 1.26. The largest absolute Gasteiger partial charge is 0.311 e. The van der Waals surface area contributed by atoms with E-state index in [9.17, 15) is 0 Å². The summed E-state index contributed by atoms with van der Waals surface area (Å²) in [6.45, 7) is 2.87. The maximum Gasteiger partial charge on any atom is 0.167 e. The van der Waals surface area contributed by atoms with Crippen LogP contribution in [-0.4, -0.2) is 27.3 Å². The normalized spacial score (nSPS) is 12.9. The summed E-state index contributed by atoms with van der Waals surface area (Å²) in [6.07, 6.45) is 0.970. The molecule has 5 nitrogen and oxygen atoms in total. The van der Waals surface area contributed by atoms with Gasteiger partial charge in [0.05, 0.1) is 6.04 Å². The smallest absolute Gasteiger partial charge is 0.167 e. The SMILES string of the molecule is CNC(C)c1nnnn1CCc1ccsc1. The molecule has 1 unspecified atom stereocenters. The third kappa shape index (κ3) is 2.45. The van der Waals surface area contributed by atoms with Crippen molar-refractivity contribution in [3.05, 3.63) is 28.2 Å². The molecule has 2 aromatic rings. The number of hydrogen-bond acceptors (Lipinski definition) is 5. The molecule has 1 atom stereocenters. The molecule has 0 radical (unpaired) electrons. The van der Waals surface area contributed by atoms with Gasteiger partial charge in [-0.2, -0.15) is 11.3 Å². The molecule has 0 saturated carbocycles. The van der Waals surface area contributed by atoms with Gasteiger partial charge in [0.1, 0.15) is 0 Å². The van der Waals surface area contributed by atoms with E-state index in [-0.39, 0.29) is 6.04 Å². The van der Waals surface area contributed by atoms with Crippen molar-refractivity contribution in [1.29, 1.82) is 0 Å². The van der Waals surface area contributed by atoms with Crippen molar-refractivity contribution in [2.24, 2.45) is 0 Å². The van der Waals surface area contributed by atoms with Crippen LogP contribution in [-0.2, 0) is 13.0 Å². The van der Waals surface area contributed by atoms with Crippen molar-refractivity contribution in [2.45, 2.75) is 25.9 Å². The van der Waals surface area contributed by atoms with Gasteiger partial charge in [0, 0.05) is 6.54 Å². The van der Waals surface area contributed by atoms with Gasteiger partial charge < -0.3 is 5.32 Å². The average Bonchev–Trinajstić information content (AvgIpc) is 2.96. The highest BCUT2D eigenvalue weighted by molar-refractivity contribution is 7.07. The zero-order chi connectivity index (χ0) is 11.4. The highest BCUT2D eigenvalue weighted by Gasteiger charge is 2.12. The van der Waals surface area contributed by atoms with Crippen molar-refractivity contribution in [2.75, 3.05) is 7.05 Å². The van der Waals surface area contributed by atoms with Crippen LogP contribution in [0.25, 0.3) is 0 Å². The second-order valence-electron chi connectivity index (χ2n) is 3.65. The van der Waals surface area contributed by atoms with E-state index in [4.69, 9.17) is 0 Å². The highest BCUT2D eigenvalue weighted by Crippen LogP contribution is 2.10. The van der Waals surface area contributed by atoms with E-state index >= 15 is 0 Å². The molecule has 0 saturated heterocycles. The van der Waals surface area contributed by atoms with E-state index in [1.54, 1.807) is 11.3 Å². The van der Waals surface area contributed by atoms with Crippen LogP contribution in [0.2, 0.25) is 0 Å². The molecular formula is C10H15N5S. The van der Waals surface area contributed by atoms with Crippen molar-refractivity contribution < 1.29 is 0 Å². The van der Waals surface area contributed by atoms with Crippen LogP contribution in [0.5, 0.6) is 0 Å². The first-order valence-corrected chi connectivity index (χ1v) is 6.20. The number of nitrogens with one attached hydrogen (secondary N) is 1. The van der Waals surface area contributed by atoms with Crippen LogP contribution < -0.4 is 5.32 Å². The topological polar surface area (TPSA) is 55.6 Å². The second-order valence-corrected chi connectivity index (χ2v) is 4.43. The van der Waals surface area contributed by atoms with Gasteiger partial charge >= 0.3 is 0 Å². The van der Waals surface area contributed by atoms with Crippen LogP contribution in [0.3, 0.4) is 0 Å². The molecule has 0 fully saturated rings. The van der Waals surface area contributed by atoms with Crippen molar-refractivity contribution in [3.63, 3.8) is 0 Å². The number of aromatic nitrogens is 4. The summed E-state index contributed by atoms with van der Waals surface area (Å²) in [5.41, 5.74) is 1.34. The Balaban J connectivity index is 2.01. The van der Waals surface area contributed by atoms with Crippen molar-refractivity contribution in [1.82, 2.24) is 25.5 Å². The predicted molar refractivity (Wildman–Crippen MR) is 63.3 cm³/mol. The minimum atomic E-state index is 0.178. The second kappa shape index (κ2) is 5.18. The van der Waals surface area contributed by atoms with Crippen molar-refractivity contribution in [3.8, 4) is 0 Å². The van der Waals surface area contributed by atoms with Gasteiger partial charge in [-0.3, -0.25) is 0 Å². The molecule has 2 heterocycles. The summed E-state index contributed by atoms with van der Waals surface area (Å²) in [5.74, 6) is 0.887. The summed E-state index contributed by atoms with van der Waals surface area (Å²) in [5, 5.41) is 19.1. The molecule has 0 aliphatic carbocycles. The fourth-order valence-corrected chi connectivity index (χ4v) is 2.18. The molecule has 0 amide bonds. The van der Waals surface area contributed by atoms with Gasteiger partial charge in [-0.25, -0.2) is 4.68 Å². The van der Waals surface area contributed by atoms with Gasteiger partial charge in [-0.15, -0.1) is 5.10 Å². The summed E-state index contributed by atoms with van der Waals surface area (Å²) in [7, 11) is 1.91. The Morgan fingerprint density at radius 2 is 2.44 bits per heavy atom. The van der Waals surface area contributed by atoms with E-state index in [1.165, 1.54) is 5.56 Å². The zero-order valence-electron chi connectivity index (χ0n) is 9.42. The number of thiophene rings is 1. The first kappa shape index (κ1) is 11.2. The zero-order valence-corrected chi connectivity index (χ0v) is 10.2. The van der Waals surface area contributed by atoms with Crippen LogP contribution >= 0.6 is 11.3 Å². The quantitative estimate of drug-likeness (QED) is 0.850. The molecule has 2 aromatic heterocycles. The molecule has 2 rings (SSSR count).